The number of alkyl halides is 2. The summed E-state index contributed by atoms with van der Waals surface area (Å²) in [7, 11) is -2.28. The highest BCUT2D eigenvalue weighted by Gasteiger charge is 2.41. The van der Waals surface area contributed by atoms with Gasteiger partial charge in [-0.3, -0.25) is 4.55 Å². The third-order valence-electron chi connectivity index (χ3n) is 4.76. The molecule has 0 radical (unpaired) electrons. The van der Waals surface area contributed by atoms with Crippen LogP contribution in [0.25, 0.3) is 11.3 Å². The van der Waals surface area contributed by atoms with E-state index < -0.39 is 27.6 Å². The highest BCUT2D eigenvalue weighted by molar-refractivity contribution is 7.85. The van der Waals surface area contributed by atoms with Crippen molar-refractivity contribution in [3.8, 4) is 17.3 Å². The van der Waals surface area contributed by atoms with E-state index in [1.54, 1.807) is 24.3 Å². The van der Waals surface area contributed by atoms with E-state index in [-0.39, 0.29) is 11.8 Å². The van der Waals surface area contributed by atoms with Crippen LogP contribution in [0.1, 0.15) is 18.1 Å². The number of hydrogen-bond acceptors (Lipinski definition) is 7. The lowest BCUT2D eigenvalue weighted by Gasteiger charge is -2.13. The predicted octanol–water partition coefficient (Wildman–Crippen LogP) is 5.18. The van der Waals surface area contributed by atoms with Crippen molar-refractivity contribution in [3.05, 3.63) is 69.7 Å². The molecule has 37 heavy (non-hydrogen) atoms. The van der Waals surface area contributed by atoms with Crippen LogP contribution >= 0.6 is 23.2 Å². The van der Waals surface area contributed by atoms with E-state index in [9.17, 15) is 22.0 Å². The zero-order valence-corrected chi connectivity index (χ0v) is 21.9. The van der Waals surface area contributed by atoms with Gasteiger partial charge in [-0.25, -0.2) is 4.79 Å². The van der Waals surface area contributed by atoms with E-state index in [1.807, 2.05) is 6.07 Å². The second-order valence-electron chi connectivity index (χ2n) is 7.37. The predicted molar refractivity (Wildman–Crippen MR) is 136 cm³/mol. The summed E-state index contributed by atoms with van der Waals surface area (Å²) in [5.74, 6) is -6.05. The third-order valence-corrected chi connectivity index (χ3v) is 6.07. The summed E-state index contributed by atoms with van der Waals surface area (Å²) in [6, 6.07) is 11.8. The van der Waals surface area contributed by atoms with Crippen molar-refractivity contribution in [1.82, 2.24) is 9.97 Å². The molecule has 0 unspecified atom stereocenters. The molecule has 0 bridgehead atoms. The number of carboxylic acid groups (broad SMARTS) is 1. The molecule has 0 aliphatic carbocycles. The number of benzene rings is 2. The Morgan fingerprint density at radius 2 is 1.81 bits per heavy atom. The lowest BCUT2D eigenvalue weighted by Crippen LogP contribution is -2.25. The summed E-state index contributed by atoms with van der Waals surface area (Å²) < 4.78 is 59.8. The molecule has 1 heterocycles. The summed E-state index contributed by atoms with van der Waals surface area (Å²) in [6.07, 6.45) is 0.581. The maximum absolute atomic E-state index is 13.9. The minimum Gasteiger partial charge on any atom is -0.477 e. The van der Waals surface area contributed by atoms with Crippen LogP contribution in [0, 0.1) is 0 Å². The van der Waals surface area contributed by atoms with Gasteiger partial charge in [-0.05, 0) is 37.1 Å². The van der Waals surface area contributed by atoms with Crippen LogP contribution in [-0.4, -0.2) is 53.4 Å². The lowest BCUT2D eigenvalue weighted by atomic mass is 10.0. The SMILES string of the molecule is CCS(=O)(=O)O.COc1nc(NCCc2ccc(Cl)cc2Cl)cc(-c2cccc(C(F)(F)C(=O)O)c2)n1. The van der Waals surface area contributed by atoms with Gasteiger partial charge in [0.25, 0.3) is 10.1 Å². The van der Waals surface area contributed by atoms with Gasteiger partial charge in [0.15, 0.2) is 0 Å². The number of carboxylic acids is 1. The maximum Gasteiger partial charge on any atom is 0.379 e. The number of methoxy groups -OCH3 is 1. The lowest BCUT2D eigenvalue weighted by molar-refractivity contribution is -0.166. The van der Waals surface area contributed by atoms with Crippen LogP contribution in [0.2, 0.25) is 10.0 Å². The van der Waals surface area contributed by atoms with Gasteiger partial charge < -0.3 is 15.2 Å². The Morgan fingerprint density at radius 1 is 1.14 bits per heavy atom. The fraction of sp³-hybridized carbons (Fsp3) is 0.261. The summed E-state index contributed by atoms with van der Waals surface area (Å²) in [4.78, 5) is 19.3. The molecule has 0 saturated heterocycles. The smallest absolute Gasteiger partial charge is 0.379 e. The molecule has 0 atom stereocenters. The fourth-order valence-electron chi connectivity index (χ4n) is 2.80. The molecule has 0 amide bonds. The second-order valence-corrected chi connectivity index (χ2v) is 9.95. The van der Waals surface area contributed by atoms with E-state index in [1.165, 1.54) is 20.1 Å². The topological polar surface area (TPSA) is 139 Å². The van der Waals surface area contributed by atoms with Crippen molar-refractivity contribution in [3.63, 3.8) is 0 Å². The number of aromatic nitrogens is 2. The number of anilines is 1. The summed E-state index contributed by atoms with van der Waals surface area (Å²) in [6.45, 7) is 1.84. The van der Waals surface area contributed by atoms with E-state index >= 15 is 0 Å². The van der Waals surface area contributed by atoms with E-state index in [0.29, 0.717) is 40.1 Å². The van der Waals surface area contributed by atoms with Crippen molar-refractivity contribution in [2.24, 2.45) is 0 Å². The van der Waals surface area contributed by atoms with Gasteiger partial charge >= 0.3 is 17.9 Å². The number of nitrogens with zero attached hydrogens (tertiary/aromatic N) is 2. The highest BCUT2D eigenvalue weighted by Crippen LogP contribution is 2.32. The Bertz CT molecular complexity index is 1360. The quantitative estimate of drug-likeness (QED) is 0.293. The number of hydrogen-bond donors (Lipinski definition) is 3. The van der Waals surface area contributed by atoms with Gasteiger partial charge in [-0.15, -0.1) is 0 Å². The standard InChI is InChI=1S/C21H17Cl2F2N3O3.C2H6O3S/c1-31-20-27-17(13-3-2-4-14(9-13)21(24,25)19(29)30)11-18(28-20)26-8-7-12-5-6-15(22)10-16(12)23;1-2-6(3,4)5/h2-6,9-11H,7-8H2,1H3,(H,29,30)(H,26,27,28);2H2,1H3,(H,3,4,5). The minimum atomic E-state index is -4.02. The zero-order chi connectivity index (χ0) is 27.8. The van der Waals surface area contributed by atoms with Crippen LogP contribution in [0.15, 0.2) is 48.5 Å². The Kier molecular flexibility index (Phi) is 10.6. The second kappa shape index (κ2) is 13.0. The molecule has 0 spiro atoms. The summed E-state index contributed by atoms with van der Waals surface area (Å²) >= 11 is 12.1. The van der Waals surface area contributed by atoms with Gasteiger partial charge in [0.05, 0.1) is 18.6 Å². The average Bonchev–Trinajstić information content (AvgIpc) is 2.85. The monoisotopic (exact) mass is 577 g/mol. The molecule has 3 rings (SSSR count). The Labute approximate surface area is 222 Å². The summed E-state index contributed by atoms with van der Waals surface area (Å²) in [5.41, 5.74) is 0.829. The van der Waals surface area contributed by atoms with Gasteiger partial charge in [-0.2, -0.15) is 27.2 Å². The van der Waals surface area contributed by atoms with Crippen molar-refractivity contribution in [2.75, 3.05) is 24.7 Å². The van der Waals surface area contributed by atoms with Crippen LogP contribution in [0.4, 0.5) is 14.6 Å². The average molecular weight is 578 g/mol. The van der Waals surface area contributed by atoms with Gasteiger partial charge in [0.2, 0.25) is 0 Å². The Balaban J connectivity index is 0.000000717. The van der Waals surface area contributed by atoms with Gasteiger partial charge in [0.1, 0.15) is 5.82 Å². The largest absolute Gasteiger partial charge is 0.477 e. The van der Waals surface area contributed by atoms with Crippen molar-refractivity contribution in [1.29, 1.82) is 0 Å². The number of nitrogens with one attached hydrogen (secondary N) is 1. The molecule has 9 nitrogen and oxygen atoms in total. The number of carbonyl (C=O) groups is 1. The first-order valence-electron chi connectivity index (χ1n) is 10.5. The number of ether oxygens (including phenoxy) is 1. The van der Waals surface area contributed by atoms with E-state index in [0.717, 1.165) is 17.7 Å². The van der Waals surface area contributed by atoms with Crippen molar-refractivity contribution in [2.45, 2.75) is 19.3 Å². The first-order valence-corrected chi connectivity index (χ1v) is 12.9. The molecule has 0 fully saturated rings. The van der Waals surface area contributed by atoms with Crippen molar-refractivity contribution >= 4 is 45.1 Å². The van der Waals surface area contributed by atoms with Crippen LogP contribution in [0.5, 0.6) is 6.01 Å². The molecule has 200 valence electrons. The highest BCUT2D eigenvalue weighted by atomic mass is 35.5. The number of rotatable bonds is 9. The molecular formula is C23H23Cl2F2N3O6S. The van der Waals surface area contributed by atoms with Gasteiger partial charge in [-0.1, -0.05) is 47.5 Å². The van der Waals surface area contributed by atoms with E-state index in [2.05, 4.69) is 15.3 Å². The minimum absolute atomic E-state index is 0.0277. The maximum atomic E-state index is 13.9. The van der Waals surface area contributed by atoms with Gasteiger partial charge in [0, 0.05) is 33.8 Å². The molecular weight excluding hydrogens is 555 g/mol. The Morgan fingerprint density at radius 3 is 2.38 bits per heavy atom. The molecule has 3 aromatic rings. The fourth-order valence-corrected chi connectivity index (χ4v) is 3.30. The number of halogens is 4. The van der Waals surface area contributed by atoms with Crippen LogP contribution in [0.3, 0.4) is 0 Å². The Hall–Kier alpha value is -3.06. The molecule has 14 heteroatoms. The molecule has 1 aromatic heterocycles. The molecule has 3 N–H and O–H groups in total. The zero-order valence-electron chi connectivity index (χ0n) is 19.6. The first-order chi connectivity index (χ1) is 17.3. The first kappa shape index (κ1) is 30.2. The molecule has 2 aromatic carbocycles. The normalized spacial score (nSPS) is 11.3. The van der Waals surface area contributed by atoms with E-state index in [4.69, 9.17) is 37.6 Å². The molecule has 0 saturated carbocycles. The molecule has 0 aliphatic rings. The van der Waals surface area contributed by atoms with Crippen LogP contribution in [-0.2, 0) is 27.3 Å². The number of aliphatic carboxylic acids is 1. The van der Waals surface area contributed by atoms with Crippen LogP contribution < -0.4 is 10.1 Å². The van der Waals surface area contributed by atoms with Crippen molar-refractivity contribution < 1.29 is 36.4 Å². The summed E-state index contributed by atoms with van der Waals surface area (Å²) in [5, 5.41) is 13.0. The third kappa shape index (κ3) is 9.08. The molecule has 0 aliphatic heterocycles.